The van der Waals surface area contributed by atoms with Crippen LogP contribution >= 0.6 is 0 Å². The van der Waals surface area contributed by atoms with Gasteiger partial charge in [-0.1, -0.05) is 6.07 Å². The van der Waals surface area contributed by atoms with Gasteiger partial charge in [0.15, 0.2) is 0 Å². The lowest BCUT2D eigenvalue weighted by Gasteiger charge is -2.33. The number of aromatic nitrogens is 4. The topological polar surface area (TPSA) is 104 Å². The van der Waals surface area contributed by atoms with Gasteiger partial charge >= 0.3 is 0 Å². The van der Waals surface area contributed by atoms with Gasteiger partial charge in [0.05, 0.1) is 5.69 Å². The molecule has 0 aliphatic carbocycles. The number of sulfonamides is 1. The zero-order chi connectivity index (χ0) is 21.6. The predicted molar refractivity (Wildman–Crippen MR) is 116 cm³/mol. The highest BCUT2D eigenvalue weighted by Crippen LogP contribution is 2.25. The number of nitrogens with one attached hydrogen (secondary N) is 1. The average molecular weight is 439 g/mol. The van der Waals surface area contributed by atoms with Crippen LogP contribution in [0.25, 0.3) is 16.7 Å². The van der Waals surface area contributed by atoms with Crippen LogP contribution in [-0.4, -0.2) is 63.2 Å². The molecular weight excluding hydrogens is 416 g/mol. The van der Waals surface area contributed by atoms with E-state index in [4.69, 9.17) is 0 Å². The summed E-state index contributed by atoms with van der Waals surface area (Å²) in [6.07, 6.45) is 4.85. The number of nitrogens with zero attached hydrogens (tertiary/aromatic N) is 5. The number of aryl methyl sites for hydroxylation is 1. The van der Waals surface area contributed by atoms with Gasteiger partial charge in [-0.25, -0.2) is 18.4 Å². The van der Waals surface area contributed by atoms with Crippen molar-refractivity contribution in [2.45, 2.75) is 18.4 Å². The molecule has 1 aliphatic heterocycles. The zero-order valence-electron chi connectivity index (χ0n) is 17.0. The van der Waals surface area contributed by atoms with E-state index in [1.54, 1.807) is 35.0 Å². The van der Waals surface area contributed by atoms with Crippen molar-refractivity contribution in [1.82, 2.24) is 28.6 Å². The molecule has 31 heavy (non-hydrogen) atoms. The summed E-state index contributed by atoms with van der Waals surface area (Å²) in [7, 11) is -3.62. The fourth-order valence-corrected chi connectivity index (χ4v) is 5.60. The van der Waals surface area contributed by atoms with Gasteiger partial charge in [-0.2, -0.15) is 4.31 Å². The second kappa shape index (κ2) is 7.56. The lowest BCUT2D eigenvalue weighted by molar-refractivity contribution is 0.180. The molecule has 0 amide bonds. The SMILES string of the molecule is Cc1cccn2c(=O)cc(CN3CCN(S(=O)(=O)c4c[nH]c5ncccc45)CC3)nc12. The van der Waals surface area contributed by atoms with E-state index in [0.29, 0.717) is 55.1 Å². The van der Waals surface area contributed by atoms with E-state index in [2.05, 4.69) is 19.9 Å². The third-order valence-electron chi connectivity index (χ3n) is 5.69. The molecule has 10 heteroatoms. The fourth-order valence-electron chi connectivity index (χ4n) is 4.03. The Bertz CT molecular complexity index is 1430. The first kappa shape index (κ1) is 19.9. The monoisotopic (exact) mass is 438 g/mol. The molecular formula is C21H22N6O3S. The van der Waals surface area contributed by atoms with Crippen molar-refractivity contribution in [3.05, 3.63) is 70.5 Å². The van der Waals surface area contributed by atoms with Crippen LogP contribution in [0, 0.1) is 6.92 Å². The molecule has 9 nitrogen and oxygen atoms in total. The minimum atomic E-state index is -3.62. The van der Waals surface area contributed by atoms with Gasteiger partial charge < -0.3 is 4.98 Å². The van der Waals surface area contributed by atoms with Gasteiger partial charge in [-0.05, 0) is 30.7 Å². The fraction of sp³-hybridized carbons (Fsp3) is 0.286. The Morgan fingerprint density at radius 1 is 1.13 bits per heavy atom. The normalized spacial score (nSPS) is 16.3. The van der Waals surface area contributed by atoms with Crippen LogP contribution < -0.4 is 5.56 Å². The third kappa shape index (κ3) is 3.52. The third-order valence-corrected chi connectivity index (χ3v) is 7.63. The molecule has 0 aromatic carbocycles. The van der Waals surface area contributed by atoms with Crippen molar-refractivity contribution < 1.29 is 8.42 Å². The molecule has 4 aromatic heterocycles. The summed E-state index contributed by atoms with van der Waals surface area (Å²) in [5.74, 6) is 0. The first-order valence-electron chi connectivity index (χ1n) is 10.1. The molecule has 1 aliphatic rings. The van der Waals surface area contributed by atoms with Crippen molar-refractivity contribution in [3.63, 3.8) is 0 Å². The Balaban J connectivity index is 1.32. The Morgan fingerprint density at radius 2 is 1.94 bits per heavy atom. The highest BCUT2D eigenvalue weighted by Gasteiger charge is 2.30. The highest BCUT2D eigenvalue weighted by molar-refractivity contribution is 7.89. The van der Waals surface area contributed by atoms with E-state index in [1.165, 1.54) is 10.5 Å². The second-order valence-electron chi connectivity index (χ2n) is 7.70. The maximum absolute atomic E-state index is 13.2. The van der Waals surface area contributed by atoms with Crippen LogP contribution in [0.1, 0.15) is 11.3 Å². The molecule has 0 atom stereocenters. The lowest BCUT2D eigenvalue weighted by atomic mass is 10.2. The van der Waals surface area contributed by atoms with Gasteiger partial charge in [-0.15, -0.1) is 0 Å². The standard InChI is InChI=1S/C21H22N6O3S/c1-15-4-3-7-27-19(28)12-16(24-21(15)27)14-25-8-10-26(11-9-25)31(29,30)18-13-23-20-17(18)5-2-6-22-20/h2-7,12-13H,8-11,14H2,1H3,(H,22,23). The largest absolute Gasteiger partial charge is 0.345 e. The summed E-state index contributed by atoms with van der Waals surface area (Å²) in [5.41, 5.74) is 2.73. The number of H-pyrrole nitrogens is 1. The molecule has 0 radical (unpaired) electrons. The van der Waals surface area contributed by atoms with Crippen LogP contribution in [-0.2, 0) is 16.6 Å². The van der Waals surface area contributed by atoms with E-state index in [9.17, 15) is 13.2 Å². The zero-order valence-corrected chi connectivity index (χ0v) is 17.8. The minimum Gasteiger partial charge on any atom is -0.345 e. The molecule has 1 saturated heterocycles. The summed E-state index contributed by atoms with van der Waals surface area (Å²) in [6, 6.07) is 8.79. The van der Waals surface area contributed by atoms with Crippen molar-refractivity contribution in [1.29, 1.82) is 0 Å². The summed E-state index contributed by atoms with van der Waals surface area (Å²) < 4.78 is 29.4. The molecule has 0 unspecified atom stereocenters. The second-order valence-corrected chi connectivity index (χ2v) is 9.61. The number of hydrogen-bond acceptors (Lipinski definition) is 6. The maximum Gasteiger partial charge on any atom is 0.258 e. The van der Waals surface area contributed by atoms with Gasteiger partial charge in [0.2, 0.25) is 10.0 Å². The van der Waals surface area contributed by atoms with Crippen LogP contribution in [0.4, 0.5) is 0 Å². The molecule has 1 fully saturated rings. The summed E-state index contributed by atoms with van der Waals surface area (Å²) in [4.78, 5) is 26.6. The van der Waals surface area contributed by atoms with E-state index < -0.39 is 10.0 Å². The van der Waals surface area contributed by atoms with Gasteiger partial charge in [0, 0.05) is 62.8 Å². The number of hydrogen-bond donors (Lipinski definition) is 1. The average Bonchev–Trinajstić information content (AvgIpc) is 3.20. The Hall–Kier alpha value is -3.08. The van der Waals surface area contributed by atoms with Gasteiger partial charge in [0.1, 0.15) is 16.2 Å². The minimum absolute atomic E-state index is 0.113. The number of pyridine rings is 2. The quantitative estimate of drug-likeness (QED) is 0.516. The highest BCUT2D eigenvalue weighted by atomic mass is 32.2. The Kier molecular flexibility index (Phi) is 4.84. The predicted octanol–water partition coefficient (Wildman–Crippen LogP) is 1.39. The molecule has 5 heterocycles. The molecule has 0 bridgehead atoms. The molecule has 5 rings (SSSR count). The van der Waals surface area contributed by atoms with Crippen molar-refractivity contribution in [2.24, 2.45) is 0 Å². The Morgan fingerprint density at radius 3 is 2.74 bits per heavy atom. The van der Waals surface area contributed by atoms with E-state index >= 15 is 0 Å². The maximum atomic E-state index is 13.2. The van der Waals surface area contributed by atoms with Crippen LogP contribution in [0.3, 0.4) is 0 Å². The van der Waals surface area contributed by atoms with Crippen LogP contribution in [0.15, 0.2) is 58.6 Å². The molecule has 1 N–H and O–H groups in total. The number of aromatic amines is 1. The summed E-state index contributed by atoms with van der Waals surface area (Å²) in [6.45, 7) is 4.31. The van der Waals surface area contributed by atoms with E-state index in [0.717, 1.165) is 5.56 Å². The smallest absolute Gasteiger partial charge is 0.258 e. The number of fused-ring (bicyclic) bond motifs is 2. The van der Waals surface area contributed by atoms with Crippen LogP contribution in [0.5, 0.6) is 0 Å². The number of piperazine rings is 1. The van der Waals surface area contributed by atoms with Crippen LogP contribution in [0.2, 0.25) is 0 Å². The first-order valence-corrected chi connectivity index (χ1v) is 11.5. The van der Waals surface area contributed by atoms with E-state index in [-0.39, 0.29) is 10.5 Å². The molecule has 160 valence electrons. The van der Waals surface area contributed by atoms with Crippen molar-refractivity contribution in [2.75, 3.05) is 26.2 Å². The molecule has 0 saturated carbocycles. The number of rotatable bonds is 4. The van der Waals surface area contributed by atoms with Crippen molar-refractivity contribution >= 4 is 26.7 Å². The molecule has 4 aromatic rings. The summed E-state index contributed by atoms with van der Waals surface area (Å²) in [5, 5.41) is 0.598. The first-order chi connectivity index (χ1) is 14.9. The Labute approximate surface area is 179 Å². The van der Waals surface area contributed by atoms with Gasteiger partial charge in [-0.3, -0.25) is 14.1 Å². The van der Waals surface area contributed by atoms with E-state index in [1.807, 2.05) is 19.1 Å². The molecule has 0 spiro atoms. The van der Waals surface area contributed by atoms with Gasteiger partial charge in [0.25, 0.3) is 5.56 Å². The summed E-state index contributed by atoms with van der Waals surface area (Å²) >= 11 is 0. The lowest BCUT2D eigenvalue weighted by Crippen LogP contribution is -2.48. The van der Waals surface area contributed by atoms with Crippen molar-refractivity contribution in [3.8, 4) is 0 Å².